The molecule has 0 aliphatic carbocycles. The van der Waals surface area contributed by atoms with Crippen molar-refractivity contribution in [3.8, 4) is 0 Å². The van der Waals surface area contributed by atoms with E-state index in [2.05, 4.69) is 26.1 Å². The van der Waals surface area contributed by atoms with Crippen molar-refractivity contribution in [3.63, 3.8) is 0 Å². The smallest absolute Gasteiger partial charge is 0.0701 e. The molecule has 1 unspecified atom stereocenters. The molecule has 0 radical (unpaired) electrons. The summed E-state index contributed by atoms with van der Waals surface area (Å²) in [6.45, 7) is 10.3. The highest BCUT2D eigenvalue weighted by atomic mass is 16.5. The Morgan fingerprint density at radius 3 is 2.38 bits per heavy atom. The predicted octanol–water partition coefficient (Wildman–Crippen LogP) is 1.43. The fraction of sp³-hybridized carbons (Fsp3) is 1.00. The molecule has 13 heavy (non-hydrogen) atoms. The van der Waals surface area contributed by atoms with Crippen LogP contribution in [0, 0.1) is 0 Å². The summed E-state index contributed by atoms with van der Waals surface area (Å²) in [5.74, 6) is 0. The minimum atomic E-state index is 0.441. The lowest BCUT2D eigenvalue weighted by atomic mass is 10.3. The average Bonchev–Trinajstić information content (AvgIpc) is 2.11. The molecule has 3 nitrogen and oxygen atoms in total. The second kappa shape index (κ2) is 9.96. The minimum absolute atomic E-state index is 0.441. The molecule has 0 aromatic rings. The van der Waals surface area contributed by atoms with Crippen molar-refractivity contribution in [1.29, 1.82) is 0 Å². The van der Waals surface area contributed by atoms with Gasteiger partial charge in [0, 0.05) is 12.6 Å². The second-order valence-electron chi connectivity index (χ2n) is 3.15. The van der Waals surface area contributed by atoms with Crippen molar-refractivity contribution in [2.75, 3.05) is 33.0 Å². The summed E-state index contributed by atoms with van der Waals surface area (Å²) < 4.78 is 10.7. The Bertz CT molecular complexity index is 98.9. The van der Waals surface area contributed by atoms with Crippen molar-refractivity contribution in [2.24, 2.45) is 0 Å². The summed E-state index contributed by atoms with van der Waals surface area (Å²) in [6.07, 6.45) is 1.08. The molecule has 0 spiro atoms. The second-order valence-corrected chi connectivity index (χ2v) is 3.15. The number of ether oxygens (including phenoxy) is 2. The number of hydrogen-bond donors (Lipinski definition) is 1. The highest BCUT2D eigenvalue weighted by Crippen LogP contribution is 1.85. The fourth-order valence-electron chi connectivity index (χ4n) is 1.03. The van der Waals surface area contributed by atoms with Crippen LogP contribution in [-0.4, -0.2) is 39.0 Å². The molecule has 0 heterocycles. The van der Waals surface area contributed by atoms with Crippen molar-refractivity contribution < 1.29 is 9.47 Å². The van der Waals surface area contributed by atoms with E-state index in [4.69, 9.17) is 9.47 Å². The number of hydrogen-bond acceptors (Lipinski definition) is 3. The van der Waals surface area contributed by atoms with Crippen molar-refractivity contribution in [3.05, 3.63) is 0 Å². The van der Waals surface area contributed by atoms with E-state index < -0.39 is 0 Å². The van der Waals surface area contributed by atoms with Gasteiger partial charge < -0.3 is 14.8 Å². The third-order valence-corrected chi connectivity index (χ3v) is 1.64. The molecule has 80 valence electrons. The van der Waals surface area contributed by atoms with Crippen LogP contribution in [0.2, 0.25) is 0 Å². The first kappa shape index (κ1) is 12.9. The van der Waals surface area contributed by atoms with Crippen LogP contribution >= 0.6 is 0 Å². The molecule has 0 aliphatic rings. The molecule has 0 aromatic carbocycles. The van der Waals surface area contributed by atoms with Crippen LogP contribution in [0.3, 0.4) is 0 Å². The van der Waals surface area contributed by atoms with Crippen LogP contribution in [0.5, 0.6) is 0 Å². The molecule has 0 fully saturated rings. The molecule has 3 heteroatoms. The quantitative estimate of drug-likeness (QED) is 0.557. The topological polar surface area (TPSA) is 30.5 Å². The predicted molar refractivity (Wildman–Crippen MR) is 55.1 cm³/mol. The Morgan fingerprint density at radius 2 is 1.77 bits per heavy atom. The Hall–Kier alpha value is -0.120. The fourth-order valence-corrected chi connectivity index (χ4v) is 1.03. The van der Waals surface area contributed by atoms with Gasteiger partial charge in [-0.05, 0) is 19.9 Å². The van der Waals surface area contributed by atoms with E-state index in [1.807, 2.05) is 0 Å². The molecule has 0 rings (SSSR count). The number of nitrogens with one attached hydrogen (secondary N) is 1. The van der Waals surface area contributed by atoms with Crippen molar-refractivity contribution in [2.45, 2.75) is 33.2 Å². The lowest BCUT2D eigenvalue weighted by molar-refractivity contribution is 0.0412. The molecule has 0 saturated heterocycles. The maximum Gasteiger partial charge on any atom is 0.0701 e. The molecule has 0 saturated carbocycles. The Kier molecular flexibility index (Phi) is 9.87. The summed E-state index contributed by atoms with van der Waals surface area (Å²) in [4.78, 5) is 0. The van der Waals surface area contributed by atoms with Crippen LogP contribution in [0.25, 0.3) is 0 Å². The van der Waals surface area contributed by atoms with Gasteiger partial charge >= 0.3 is 0 Å². The molecule has 0 bridgehead atoms. The van der Waals surface area contributed by atoms with Gasteiger partial charge in [-0.1, -0.05) is 13.8 Å². The van der Waals surface area contributed by atoms with Gasteiger partial charge in [-0.15, -0.1) is 0 Å². The Morgan fingerprint density at radius 1 is 1.08 bits per heavy atom. The van der Waals surface area contributed by atoms with Gasteiger partial charge in [0.15, 0.2) is 0 Å². The molecule has 0 amide bonds. The maximum atomic E-state index is 5.41. The van der Waals surface area contributed by atoms with E-state index >= 15 is 0 Å². The first-order valence-electron chi connectivity index (χ1n) is 5.20. The maximum absolute atomic E-state index is 5.41. The van der Waals surface area contributed by atoms with Gasteiger partial charge in [0.25, 0.3) is 0 Å². The highest BCUT2D eigenvalue weighted by molar-refractivity contribution is 4.56. The lowest BCUT2D eigenvalue weighted by Crippen LogP contribution is -2.30. The van der Waals surface area contributed by atoms with E-state index in [9.17, 15) is 0 Å². The summed E-state index contributed by atoms with van der Waals surface area (Å²) in [5.41, 5.74) is 0. The van der Waals surface area contributed by atoms with Crippen LogP contribution in [0.4, 0.5) is 0 Å². The summed E-state index contributed by atoms with van der Waals surface area (Å²) in [6, 6.07) is 0.441. The largest absolute Gasteiger partial charge is 0.379 e. The van der Waals surface area contributed by atoms with E-state index in [0.717, 1.165) is 26.2 Å². The van der Waals surface area contributed by atoms with Gasteiger partial charge in [-0.3, -0.25) is 0 Å². The monoisotopic (exact) mass is 189 g/mol. The van der Waals surface area contributed by atoms with Crippen LogP contribution in [0.1, 0.15) is 27.2 Å². The Labute approximate surface area is 81.8 Å². The van der Waals surface area contributed by atoms with Gasteiger partial charge in [0.05, 0.1) is 19.8 Å². The summed E-state index contributed by atoms with van der Waals surface area (Å²) in [7, 11) is 0. The molecular weight excluding hydrogens is 166 g/mol. The molecule has 1 atom stereocenters. The number of rotatable bonds is 9. The third kappa shape index (κ3) is 9.80. The van der Waals surface area contributed by atoms with E-state index in [-0.39, 0.29) is 0 Å². The zero-order valence-electron chi connectivity index (χ0n) is 9.14. The van der Waals surface area contributed by atoms with Gasteiger partial charge in [-0.2, -0.15) is 0 Å². The van der Waals surface area contributed by atoms with Crippen LogP contribution < -0.4 is 5.32 Å². The van der Waals surface area contributed by atoms with E-state index in [1.165, 1.54) is 0 Å². The third-order valence-electron chi connectivity index (χ3n) is 1.64. The summed E-state index contributed by atoms with van der Waals surface area (Å²) >= 11 is 0. The molecule has 1 N–H and O–H groups in total. The van der Waals surface area contributed by atoms with Gasteiger partial charge in [-0.25, -0.2) is 0 Å². The first-order chi connectivity index (χ1) is 6.31. The zero-order chi connectivity index (χ0) is 9.94. The van der Waals surface area contributed by atoms with Crippen molar-refractivity contribution in [1.82, 2.24) is 5.32 Å². The van der Waals surface area contributed by atoms with Crippen molar-refractivity contribution >= 4 is 0 Å². The molecular formula is C10H23NO2. The SMILES string of the molecule is CCCOCCOCC(C)NCC. The lowest BCUT2D eigenvalue weighted by Gasteiger charge is -2.12. The normalized spacial score (nSPS) is 13.2. The van der Waals surface area contributed by atoms with E-state index in [1.54, 1.807) is 0 Å². The standard InChI is InChI=1S/C10H23NO2/c1-4-6-12-7-8-13-9-10(3)11-5-2/h10-11H,4-9H2,1-3H3. The van der Waals surface area contributed by atoms with Gasteiger partial charge in [0.2, 0.25) is 0 Å². The Balaban J connectivity index is 2.97. The molecule has 0 aliphatic heterocycles. The zero-order valence-corrected chi connectivity index (χ0v) is 9.14. The van der Waals surface area contributed by atoms with Crippen LogP contribution in [0.15, 0.2) is 0 Å². The number of likely N-dealkylation sites (N-methyl/N-ethyl adjacent to an activating group) is 1. The average molecular weight is 189 g/mol. The van der Waals surface area contributed by atoms with Gasteiger partial charge in [0.1, 0.15) is 0 Å². The highest BCUT2D eigenvalue weighted by Gasteiger charge is 1.98. The first-order valence-corrected chi connectivity index (χ1v) is 5.20. The summed E-state index contributed by atoms with van der Waals surface area (Å²) in [5, 5.41) is 3.28. The minimum Gasteiger partial charge on any atom is -0.379 e. The molecule has 0 aromatic heterocycles. The van der Waals surface area contributed by atoms with E-state index in [0.29, 0.717) is 19.3 Å². The van der Waals surface area contributed by atoms with Crippen LogP contribution in [-0.2, 0) is 9.47 Å².